The van der Waals surface area contributed by atoms with Gasteiger partial charge in [-0.15, -0.1) is 0 Å². The number of rotatable bonds is 8. The molecule has 1 aromatic heterocycles. The minimum Gasteiger partial charge on any atom is -0.493 e. The van der Waals surface area contributed by atoms with Crippen molar-refractivity contribution in [3.8, 4) is 5.75 Å². The third-order valence-electron chi connectivity index (χ3n) is 4.48. The molecule has 7 heteroatoms. The second-order valence-corrected chi connectivity index (χ2v) is 8.10. The van der Waals surface area contributed by atoms with E-state index in [0.717, 1.165) is 22.2 Å². The van der Waals surface area contributed by atoms with E-state index in [1.165, 1.54) is 0 Å². The largest absolute Gasteiger partial charge is 0.493 e. The monoisotopic (exact) mass is 450 g/mol. The van der Waals surface area contributed by atoms with Gasteiger partial charge in [-0.3, -0.25) is 9.78 Å². The van der Waals surface area contributed by atoms with Crippen molar-refractivity contribution in [3.05, 3.63) is 83.0 Å². The number of nitrogens with one attached hydrogen (secondary N) is 2. The first kappa shape index (κ1) is 23.3. The molecule has 0 bridgehead atoms. The molecule has 2 N–H and O–H groups in total. The molecule has 0 saturated carbocycles. The van der Waals surface area contributed by atoms with E-state index in [1.54, 1.807) is 24.4 Å². The summed E-state index contributed by atoms with van der Waals surface area (Å²) in [5.41, 5.74) is 5.17. The van der Waals surface area contributed by atoms with E-state index >= 15 is 0 Å². The maximum atomic E-state index is 12.7. The lowest BCUT2D eigenvalue weighted by Gasteiger charge is -2.14. The summed E-state index contributed by atoms with van der Waals surface area (Å²) in [5, 5.41) is 8.67. The minimum absolute atomic E-state index is 0.286. The number of hydrogen-bond acceptors (Lipinski definition) is 5. The zero-order valence-corrected chi connectivity index (χ0v) is 19.2. The van der Waals surface area contributed by atoms with Crippen LogP contribution < -0.4 is 15.5 Å². The number of carbonyl (C=O) groups is 1. The number of benzene rings is 2. The summed E-state index contributed by atoms with van der Waals surface area (Å²) in [7, 11) is 0. The van der Waals surface area contributed by atoms with Crippen molar-refractivity contribution in [1.29, 1.82) is 0 Å². The summed E-state index contributed by atoms with van der Waals surface area (Å²) in [5.74, 6) is 1.26. The van der Waals surface area contributed by atoms with Crippen molar-refractivity contribution in [2.24, 2.45) is 11.0 Å². The van der Waals surface area contributed by atoms with Crippen LogP contribution in [0.5, 0.6) is 5.75 Å². The van der Waals surface area contributed by atoms with E-state index in [9.17, 15) is 4.79 Å². The van der Waals surface area contributed by atoms with Crippen LogP contribution in [0.2, 0.25) is 5.02 Å². The summed E-state index contributed by atoms with van der Waals surface area (Å²) in [6.07, 6.45) is 5.08. The Morgan fingerprint density at radius 3 is 2.81 bits per heavy atom. The Morgan fingerprint density at radius 2 is 2.03 bits per heavy atom. The molecule has 0 spiro atoms. The number of hydrazone groups is 1. The normalized spacial score (nSPS) is 11.8. The average Bonchev–Trinajstić information content (AvgIpc) is 2.78. The summed E-state index contributed by atoms with van der Waals surface area (Å²) >= 11 is 6.16. The molecule has 0 aliphatic carbocycles. The number of amides is 1. The van der Waals surface area contributed by atoms with Gasteiger partial charge in [0.25, 0.3) is 5.91 Å². The highest BCUT2D eigenvalue weighted by Crippen LogP contribution is 2.23. The third kappa shape index (κ3) is 6.56. The smallest absolute Gasteiger partial charge is 0.258 e. The van der Waals surface area contributed by atoms with Crippen LogP contribution in [0.25, 0.3) is 10.9 Å². The maximum absolute atomic E-state index is 12.7. The summed E-state index contributed by atoms with van der Waals surface area (Å²) < 4.78 is 5.88. The Labute approximate surface area is 193 Å². The molecule has 0 fully saturated rings. The van der Waals surface area contributed by atoms with Crippen LogP contribution in [-0.4, -0.2) is 23.3 Å². The molecule has 3 aromatic rings. The van der Waals surface area contributed by atoms with Gasteiger partial charge < -0.3 is 15.5 Å². The first-order chi connectivity index (χ1) is 15.5. The predicted molar refractivity (Wildman–Crippen MR) is 130 cm³/mol. The first-order valence-electron chi connectivity index (χ1n) is 10.5. The standard InChI is InChI=1S/C25H27ClN4O2/c1-4-7-24(29-25(31)20-12-18-8-5-6-9-22(18)27-14-20)30-28-15-19-13-21(26)10-11-23(19)32-16-17(2)3/h4-14,17,28H,15-16H2,1-3H3,(H,29,30,31)/b7-4+. The Hall–Kier alpha value is -3.38. The van der Waals surface area contributed by atoms with E-state index in [1.807, 2.05) is 49.4 Å². The Bertz CT molecular complexity index is 1140. The number of ether oxygens (including phenoxy) is 1. The average molecular weight is 451 g/mol. The van der Waals surface area contributed by atoms with E-state index < -0.39 is 0 Å². The molecule has 32 heavy (non-hydrogen) atoms. The highest BCUT2D eigenvalue weighted by molar-refractivity contribution is 6.30. The quantitative estimate of drug-likeness (QED) is 0.276. The van der Waals surface area contributed by atoms with Gasteiger partial charge >= 0.3 is 0 Å². The van der Waals surface area contributed by atoms with Gasteiger partial charge in [0, 0.05) is 22.2 Å². The second-order valence-electron chi connectivity index (χ2n) is 7.66. The third-order valence-corrected chi connectivity index (χ3v) is 4.72. The van der Waals surface area contributed by atoms with Crippen LogP contribution >= 0.6 is 11.6 Å². The summed E-state index contributed by atoms with van der Waals surface area (Å²) in [4.78, 5) is 17.1. The lowest BCUT2D eigenvalue weighted by atomic mass is 10.1. The zero-order valence-electron chi connectivity index (χ0n) is 18.4. The molecular formula is C25H27ClN4O2. The fourth-order valence-electron chi connectivity index (χ4n) is 2.94. The van der Waals surface area contributed by atoms with Gasteiger partial charge in [0.05, 0.1) is 24.2 Å². The van der Waals surface area contributed by atoms with Crippen molar-refractivity contribution in [1.82, 2.24) is 15.7 Å². The van der Waals surface area contributed by atoms with Crippen molar-refractivity contribution < 1.29 is 9.53 Å². The van der Waals surface area contributed by atoms with Gasteiger partial charge in [-0.25, -0.2) is 0 Å². The molecule has 6 nitrogen and oxygen atoms in total. The molecular weight excluding hydrogens is 424 g/mol. The lowest BCUT2D eigenvalue weighted by molar-refractivity contribution is 0.0977. The molecule has 3 rings (SSSR count). The van der Waals surface area contributed by atoms with Gasteiger partial charge in [0.1, 0.15) is 5.75 Å². The number of nitrogens with zero attached hydrogens (tertiary/aromatic N) is 2. The molecule has 0 atom stereocenters. The predicted octanol–water partition coefficient (Wildman–Crippen LogP) is 5.33. The number of amidine groups is 1. The maximum Gasteiger partial charge on any atom is 0.258 e. The SMILES string of the molecule is C/C=C/C(=N\NCc1cc(Cl)ccc1OCC(C)C)NC(=O)c1cnc2ccccc2c1. The van der Waals surface area contributed by atoms with E-state index in [0.29, 0.717) is 35.5 Å². The number of carbonyl (C=O) groups excluding carboxylic acids is 1. The van der Waals surface area contributed by atoms with Gasteiger partial charge in [-0.05, 0) is 49.2 Å². The number of fused-ring (bicyclic) bond motifs is 1. The number of pyridine rings is 1. The van der Waals surface area contributed by atoms with Gasteiger partial charge in [0.2, 0.25) is 0 Å². The Morgan fingerprint density at radius 1 is 1.22 bits per heavy atom. The lowest BCUT2D eigenvalue weighted by Crippen LogP contribution is -2.31. The fourth-order valence-corrected chi connectivity index (χ4v) is 3.14. The van der Waals surface area contributed by atoms with Crippen LogP contribution in [0, 0.1) is 5.92 Å². The van der Waals surface area contributed by atoms with Gasteiger partial charge in [-0.2, -0.15) is 5.10 Å². The number of hydrogen-bond donors (Lipinski definition) is 2. The van der Waals surface area contributed by atoms with Crippen molar-refractivity contribution in [2.45, 2.75) is 27.3 Å². The van der Waals surface area contributed by atoms with Crippen LogP contribution in [0.15, 0.2) is 72.0 Å². The van der Waals surface area contributed by atoms with Crippen molar-refractivity contribution in [2.75, 3.05) is 6.61 Å². The molecule has 166 valence electrons. The topological polar surface area (TPSA) is 75.6 Å². The summed E-state index contributed by atoms with van der Waals surface area (Å²) in [6.45, 7) is 7.04. The Balaban J connectivity index is 1.70. The van der Waals surface area contributed by atoms with Crippen molar-refractivity contribution >= 4 is 34.2 Å². The second kappa shape index (κ2) is 11.3. The van der Waals surface area contributed by atoms with E-state index in [4.69, 9.17) is 16.3 Å². The number of para-hydroxylation sites is 1. The molecule has 0 aliphatic rings. The highest BCUT2D eigenvalue weighted by atomic mass is 35.5. The summed E-state index contributed by atoms with van der Waals surface area (Å²) in [6, 6.07) is 15.0. The molecule has 0 saturated heterocycles. The minimum atomic E-state index is -0.286. The van der Waals surface area contributed by atoms with Crippen molar-refractivity contribution in [3.63, 3.8) is 0 Å². The number of halogens is 1. The highest BCUT2D eigenvalue weighted by Gasteiger charge is 2.10. The molecule has 2 aromatic carbocycles. The molecule has 1 heterocycles. The van der Waals surface area contributed by atoms with Crippen LogP contribution in [0.1, 0.15) is 36.7 Å². The molecule has 0 aliphatic heterocycles. The molecule has 0 unspecified atom stereocenters. The fraction of sp³-hybridized carbons (Fsp3) is 0.240. The van der Waals surface area contributed by atoms with E-state index in [2.05, 4.69) is 34.7 Å². The first-order valence-corrected chi connectivity index (χ1v) is 10.8. The van der Waals surface area contributed by atoms with Gasteiger partial charge in [0.15, 0.2) is 5.84 Å². The van der Waals surface area contributed by atoms with Gasteiger partial charge in [-0.1, -0.05) is 49.7 Å². The molecule has 0 radical (unpaired) electrons. The van der Waals surface area contributed by atoms with Crippen LogP contribution in [0.4, 0.5) is 0 Å². The van der Waals surface area contributed by atoms with Crippen LogP contribution in [0.3, 0.4) is 0 Å². The van der Waals surface area contributed by atoms with E-state index in [-0.39, 0.29) is 5.91 Å². The van der Waals surface area contributed by atoms with Crippen LogP contribution in [-0.2, 0) is 6.54 Å². The Kier molecular flexibility index (Phi) is 8.22. The zero-order chi connectivity index (χ0) is 22.9. The number of aromatic nitrogens is 1. The number of allylic oxidation sites excluding steroid dienone is 1. The molecule has 1 amide bonds.